The number of likely N-dealkylation sites (N-methyl/N-ethyl adjacent to an activating group) is 1. The van der Waals surface area contributed by atoms with E-state index in [1.807, 2.05) is 0 Å². The third kappa shape index (κ3) is 3.03. The van der Waals surface area contributed by atoms with Crippen molar-refractivity contribution < 1.29 is 19.1 Å². The monoisotopic (exact) mass is 306 g/mol. The number of hydrogen-bond donors (Lipinski definition) is 0. The van der Waals surface area contributed by atoms with Crippen molar-refractivity contribution in [2.24, 2.45) is 0 Å². The van der Waals surface area contributed by atoms with Crippen LogP contribution in [0.4, 0.5) is 11.4 Å². The third-order valence-corrected chi connectivity index (χ3v) is 2.99. The highest BCUT2D eigenvalue weighted by Crippen LogP contribution is 2.30. The van der Waals surface area contributed by atoms with Crippen LogP contribution in [0.1, 0.15) is 6.92 Å². The largest absolute Gasteiger partial charge is 0.460 e. The number of carbonyl (C=O) groups is 1. The zero-order valence-electron chi connectivity index (χ0n) is 12.1. The van der Waals surface area contributed by atoms with Crippen LogP contribution in [0.25, 0.3) is 11.0 Å². The molecule has 0 atom stereocenters. The number of non-ortho nitro benzene ring substituents is 1. The Morgan fingerprint density at radius 1 is 1.45 bits per heavy atom. The van der Waals surface area contributed by atoms with Crippen molar-refractivity contribution in [3.63, 3.8) is 0 Å². The highest BCUT2D eigenvalue weighted by atomic mass is 16.6. The minimum absolute atomic E-state index is 0.0771. The molecule has 1 aromatic carbocycles. The van der Waals surface area contributed by atoms with E-state index < -0.39 is 10.9 Å². The lowest BCUT2D eigenvalue weighted by atomic mass is 10.2. The van der Waals surface area contributed by atoms with Crippen molar-refractivity contribution >= 4 is 28.4 Å². The van der Waals surface area contributed by atoms with Gasteiger partial charge in [-0.2, -0.15) is 0 Å². The summed E-state index contributed by atoms with van der Waals surface area (Å²) < 4.78 is 9.60. The molecule has 0 saturated heterocycles. The van der Waals surface area contributed by atoms with E-state index in [0.717, 1.165) is 0 Å². The molecule has 22 heavy (non-hydrogen) atoms. The standard InChI is InChI=1S/C13H14N4O5/c1-8(2)13(18)21-7-6-16(3)9-4-5-10(17(19)20)12-11(9)14-22-15-12/h4-5H,1,6-7H2,2-3H3. The molecule has 0 N–H and O–H groups in total. The average Bonchev–Trinajstić information content (AvgIpc) is 2.94. The number of esters is 1. The summed E-state index contributed by atoms with van der Waals surface area (Å²) in [6.07, 6.45) is 0. The average molecular weight is 306 g/mol. The van der Waals surface area contributed by atoms with Crippen molar-refractivity contribution in [1.29, 1.82) is 0 Å². The van der Waals surface area contributed by atoms with Crippen molar-refractivity contribution in [3.05, 3.63) is 34.4 Å². The van der Waals surface area contributed by atoms with Crippen LogP contribution in [0, 0.1) is 10.1 Å². The van der Waals surface area contributed by atoms with E-state index in [0.29, 0.717) is 17.8 Å². The Bertz CT molecular complexity index is 739. The molecule has 9 nitrogen and oxygen atoms in total. The number of nitrogens with zero attached hydrogens (tertiary/aromatic N) is 4. The van der Waals surface area contributed by atoms with E-state index in [4.69, 9.17) is 4.74 Å². The van der Waals surface area contributed by atoms with Gasteiger partial charge in [0.1, 0.15) is 6.61 Å². The van der Waals surface area contributed by atoms with Crippen molar-refractivity contribution in [2.75, 3.05) is 25.1 Å². The molecule has 0 bridgehead atoms. The molecule has 0 aliphatic heterocycles. The number of ether oxygens (including phenoxy) is 1. The summed E-state index contributed by atoms with van der Waals surface area (Å²) in [6, 6.07) is 2.88. The Morgan fingerprint density at radius 3 is 2.77 bits per heavy atom. The maximum absolute atomic E-state index is 11.3. The first-order valence-corrected chi connectivity index (χ1v) is 6.35. The lowest BCUT2D eigenvalue weighted by Crippen LogP contribution is -2.24. The third-order valence-electron chi connectivity index (χ3n) is 2.99. The Balaban J connectivity index is 2.15. The summed E-state index contributed by atoms with van der Waals surface area (Å²) in [4.78, 5) is 23.4. The van der Waals surface area contributed by atoms with Gasteiger partial charge in [0.25, 0.3) is 0 Å². The van der Waals surface area contributed by atoms with E-state index in [1.165, 1.54) is 6.07 Å². The first-order chi connectivity index (χ1) is 10.4. The van der Waals surface area contributed by atoms with Gasteiger partial charge in [-0.25, -0.2) is 9.42 Å². The molecule has 9 heteroatoms. The number of nitro groups is 1. The minimum Gasteiger partial charge on any atom is -0.460 e. The van der Waals surface area contributed by atoms with Crippen LogP contribution >= 0.6 is 0 Å². The molecule has 1 heterocycles. The summed E-state index contributed by atoms with van der Waals surface area (Å²) in [5, 5.41) is 18.2. The molecule has 0 unspecified atom stereocenters. The number of rotatable bonds is 6. The second-order valence-corrected chi connectivity index (χ2v) is 4.66. The summed E-state index contributed by atoms with van der Waals surface area (Å²) >= 11 is 0. The summed E-state index contributed by atoms with van der Waals surface area (Å²) in [7, 11) is 1.74. The zero-order valence-corrected chi connectivity index (χ0v) is 12.1. The van der Waals surface area contributed by atoms with Crippen LogP contribution in [0.2, 0.25) is 0 Å². The van der Waals surface area contributed by atoms with E-state index in [-0.39, 0.29) is 23.3 Å². The van der Waals surface area contributed by atoms with Crippen molar-refractivity contribution in [3.8, 4) is 0 Å². The SMILES string of the molecule is C=C(C)C(=O)OCCN(C)c1ccc([N+](=O)[O-])c2nonc12. The van der Waals surface area contributed by atoms with Gasteiger partial charge in [-0.15, -0.1) is 0 Å². The molecule has 1 aromatic heterocycles. The van der Waals surface area contributed by atoms with Crippen LogP contribution in [0.15, 0.2) is 28.9 Å². The van der Waals surface area contributed by atoms with Crippen molar-refractivity contribution in [1.82, 2.24) is 10.3 Å². The summed E-state index contributed by atoms with van der Waals surface area (Å²) in [6.45, 7) is 5.57. The molecule has 2 rings (SSSR count). The van der Waals surface area contributed by atoms with E-state index in [1.54, 1.807) is 24.9 Å². The Hall–Kier alpha value is -2.97. The molecule has 0 aliphatic rings. The van der Waals surface area contributed by atoms with Gasteiger partial charge in [-0.05, 0) is 23.3 Å². The van der Waals surface area contributed by atoms with E-state index in [9.17, 15) is 14.9 Å². The van der Waals surface area contributed by atoms with E-state index in [2.05, 4.69) is 21.5 Å². The number of hydrogen-bond acceptors (Lipinski definition) is 8. The molecule has 116 valence electrons. The maximum atomic E-state index is 11.3. The van der Waals surface area contributed by atoms with Gasteiger partial charge in [-0.3, -0.25) is 10.1 Å². The number of nitro benzene ring substituents is 1. The molecule has 0 fully saturated rings. The quantitative estimate of drug-likeness (QED) is 0.343. The van der Waals surface area contributed by atoms with Gasteiger partial charge in [0.05, 0.1) is 17.2 Å². The number of anilines is 1. The Morgan fingerprint density at radius 2 is 2.14 bits per heavy atom. The normalized spacial score (nSPS) is 10.5. The van der Waals surface area contributed by atoms with Crippen LogP contribution in [0.3, 0.4) is 0 Å². The molecule has 0 radical (unpaired) electrons. The molecule has 0 amide bonds. The number of fused-ring (bicyclic) bond motifs is 1. The lowest BCUT2D eigenvalue weighted by molar-refractivity contribution is -0.383. The number of aromatic nitrogens is 2. The van der Waals surface area contributed by atoms with Crippen LogP contribution < -0.4 is 4.90 Å². The highest BCUT2D eigenvalue weighted by Gasteiger charge is 2.21. The predicted molar refractivity (Wildman–Crippen MR) is 77.5 cm³/mol. The second kappa shape index (κ2) is 6.20. The summed E-state index contributed by atoms with van der Waals surface area (Å²) in [5.41, 5.74) is 1.09. The first kappa shape index (κ1) is 15.4. The fourth-order valence-corrected chi connectivity index (χ4v) is 1.81. The zero-order chi connectivity index (χ0) is 16.3. The smallest absolute Gasteiger partial charge is 0.333 e. The van der Waals surface area contributed by atoms with Gasteiger partial charge >= 0.3 is 11.7 Å². The fourth-order valence-electron chi connectivity index (χ4n) is 1.81. The Kier molecular flexibility index (Phi) is 4.35. The highest BCUT2D eigenvalue weighted by molar-refractivity contribution is 5.93. The number of benzene rings is 1. The van der Waals surface area contributed by atoms with E-state index >= 15 is 0 Å². The molecule has 0 aliphatic carbocycles. The molecular weight excluding hydrogens is 292 g/mol. The van der Waals surface area contributed by atoms with Crippen LogP contribution in [-0.4, -0.2) is 41.4 Å². The maximum Gasteiger partial charge on any atom is 0.333 e. The van der Waals surface area contributed by atoms with Crippen LogP contribution in [0.5, 0.6) is 0 Å². The predicted octanol–water partition coefficient (Wildman–Crippen LogP) is 1.69. The molecule has 2 aromatic rings. The lowest BCUT2D eigenvalue weighted by Gasteiger charge is -2.18. The fraction of sp³-hybridized carbons (Fsp3) is 0.308. The van der Waals surface area contributed by atoms with Gasteiger partial charge < -0.3 is 9.64 Å². The topological polar surface area (TPSA) is 112 Å². The molecule has 0 spiro atoms. The van der Waals surface area contributed by atoms with Gasteiger partial charge in [-0.1, -0.05) is 6.58 Å². The molecule has 0 saturated carbocycles. The number of carbonyl (C=O) groups excluding carboxylic acids is 1. The summed E-state index contributed by atoms with van der Waals surface area (Å²) in [5.74, 6) is -0.467. The van der Waals surface area contributed by atoms with Gasteiger partial charge in [0, 0.05) is 18.7 Å². The van der Waals surface area contributed by atoms with Gasteiger partial charge in [0.2, 0.25) is 5.52 Å². The minimum atomic E-state index is -0.551. The first-order valence-electron chi connectivity index (χ1n) is 6.35. The second-order valence-electron chi connectivity index (χ2n) is 4.66. The van der Waals surface area contributed by atoms with Crippen LogP contribution in [-0.2, 0) is 9.53 Å². The Labute approximate surface area is 125 Å². The van der Waals surface area contributed by atoms with Crippen molar-refractivity contribution in [2.45, 2.75) is 6.92 Å². The van der Waals surface area contributed by atoms with Gasteiger partial charge in [0.15, 0.2) is 5.52 Å². The molecular formula is C13H14N4O5.